The average molecular weight is 218 g/mol. The van der Waals surface area contributed by atoms with Gasteiger partial charge < -0.3 is 5.11 Å². The predicted octanol–water partition coefficient (Wildman–Crippen LogP) is 1.34. The van der Waals surface area contributed by atoms with Gasteiger partial charge in [-0.25, -0.2) is 0 Å². The van der Waals surface area contributed by atoms with Crippen molar-refractivity contribution in [3.05, 3.63) is 42.2 Å². The maximum absolute atomic E-state index is 10.0. The van der Waals surface area contributed by atoms with Crippen molar-refractivity contribution in [3.8, 4) is 0 Å². The lowest BCUT2D eigenvalue weighted by Gasteiger charge is -2.07. The first-order valence-corrected chi connectivity index (χ1v) is 5.16. The smallest absolute Gasteiger partial charge is 0.126 e. The Labute approximate surface area is 93.8 Å². The zero-order valence-corrected chi connectivity index (χ0v) is 9.28. The van der Waals surface area contributed by atoms with E-state index in [1.54, 1.807) is 29.5 Å². The number of aromatic nitrogens is 4. The lowest BCUT2D eigenvalue weighted by molar-refractivity contribution is 0.214. The molecule has 2 aromatic rings. The second kappa shape index (κ2) is 4.40. The summed E-state index contributed by atoms with van der Waals surface area (Å²) in [7, 11) is 0. The van der Waals surface area contributed by atoms with E-state index in [-0.39, 0.29) is 6.04 Å². The van der Waals surface area contributed by atoms with Gasteiger partial charge in [-0.2, -0.15) is 5.10 Å². The molecule has 0 spiro atoms. The lowest BCUT2D eigenvalue weighted by atomic mass is 10.1. The maximum Gasteiger partial charge on any atom is 0.126 e. The largest absolute Gasteiger partial charge is 0.382 e. The van der Waals surface area contributed by atoms with Crippen LogP contribution in [0, 0.1) is 0 Å². The molecule has 84 valence electrons. The SMILES string of the molecule is CC(C)n1cc(C(O)c2cnccn2)cn1. The number of hydrogen-bond acceptors (Lipinski definition) is 4. The molecule has 5 nitrogen and oxygen atoms in total. The maximum atomic E-state index is 10.0. The van der Waals surface area contributed by atoms with Crippen LogP contribution in [0.15, 0.2) is 31.0 Å². The number of aliphatic hydroxyl groups excluding tert-OH is 1. The van der Waals surface area contributed by atoms with Crippen LogP contribution in [0.1, 0.15) is 37.3 Å². The molecule has 2 aromatic heterocycles. The molecular weight excluding hydrogens is 204 g/mol. The van der Waals surface area contributed by atoms with Gasteiger partial charge in [-0.15, -0.1) is 0 Å². The highest BCUT2D eigenvalue weighted by atomic mass is 16.3. The molecule has 0 aliphatic carbocycles. The molecule has 0 bridgehead atoms. The summed E-state index contributed by atoms with van der Waals surface area (Å²) >= 11 is 0. The third-order valence-corrected chi connectivity index (χ3v) is 2.33. The normalized spacial score (nSPS) is 13.0. The monoisotopic (exact) mass is 218 g/mol. The third-order valence-electron chi connectivity index (χ3n) is 2.33. The molecule has 0 saturated heterocycles. The zero-order chi connectivity index (χ0) is 11.5. The molecule has 0 fully saturated rings. The molecular formula is C11H14N4O. The molecule has 0 saturated carbocycles. The number of nitrogens with zero attached hydrogens (tertiary/aromatic N) is 4. The summed E-state index contributed by atoms with van der Waals surface area (Å²) in [6.07, 6.45) is 7.40. The van der Waals surface area contributed by atoms with Crippen molar-refractivity contribution in [2.24, 2.45) is 0 Å². The van der Waals surface area contributed by atoms with Crippen LogP contribution in [0.5, 0.6) is 0 Å². The number of rotatable bonds is 3. The van der Waals surface area contributed by atoms with Gasteiger partial charge in [0.25, 0.3) is 0 Å². The fourth-order valence-corrected chi connectivity index (χ4v) is 1.40. The van der Waals surface area contributed by atoms with Crippen LogP contribution >= 0.6 is 0 Å². The van der Waals surface area contributed by atoms with Crippen molar-refractivity contribution in [1.29, 1.82) is 0 Å². The minimum absolute atomic E-state index is 0.280. The van der Waals surface area contributed by atoms with Gasteiger partial charge in [0.05, 0.1) is 18.1 Å². The molecule has 0 radical (unpaired) electrons. The Balaban J connectivity index is 2.24. The van der Waals surface area contributed by atoms with Gasteiger partial charge in [-0.1, -0.05) is 0 Å². The first-order chi connectivity index (χ1) is 7.68. The van der Waals surface area contributed by atoms with Crippen molar-refractivity contribution in [2.75, 3.05) is 0 Å². The molecule has 2 rings (SSSR count). The van der Waals surface area contributed by atoms with Crippen LogP contribution in [-0.4, -0.2) is 24.9 Å². The van der Waals surface area contributed by atoms with E-state index in [2.05, 4.69) is 15.1 Å². The molecule has 0 amide bonds. The minimum Gasteiger partial charge on any atom is -0.382 e. The van der Waals surface area contributed by atoms with E-state index in [4.69, 9.17) is 0 Å². The fraction of sp³-hybridized carbons (Fsp3) is 0.364. The van der Waals surface area contributed by atoms with Crippen LogP contribution in [0.3, 0.4) is 0 Å². The Bertz CT molecular complexity index is 452. The van der Waals surface area contributed by atoms with E-state index in [1.165, 1.54) is 0 Å². The average Bonchev–Trinajstić information content (AvgIpc) is 2.78. The summed E-state index contributed by atoms with van der Waals surface area (Å²) in [4.78, 5) is 7.98. The Hall–Kier alpha value is -1.75. The molecule has 1 unspecified atom stereocenters. The van der Waals surface area contributed by atoms with Crippen LogP contribution in [0.4, 0.5) is 0 Å². The third kappa shape index (κ3) is 2.09. The standard InChI is InChI=1S/C11H14N4O/c1-8(2)15-7-9(5-14-15)11(16)10-6-12-3-4-13-10/h3-8,11,16H,1-2H3. The van der Waals surface area contributed by atoms with Crippen LogP contribution < -0.4 is 0 Å². The molecule has 5 heteroatoms. The van der Waals surface area contributed by atoms with Crippen molar-refractivity contribution in [3.63, 3.8) is 0 Å². The summed E-state index contributed by atoms with van der Waals surface area (Å²) < 4.78 is 1.80. The second-order valence-corrected chi connectivity index (χ2v) is 3.88. The summed E-state index contributed by atoms with van der Waals surface area (Å²) in [6, 6.07) is 0.280. The van der Waals surface area contributed by atoms with Crippen molar-refractivity contribution in [1.82, 2.24) is 19.7 Å². The molecule has 1 N–H and O–H groups in total. The Kier molecular flexibility index (Phi) is 2.96. The van der Waals surface area contributed by atoms with E-state index >= 15 is 0 Å². The molecule has 2 heterocycles. The number of hydrogen-bond donors (Lipinski definition) is 1. The highest BCUT2D eigenvalue weighted by Gasteiger charge is 2.14. The van der Waals surface area contributed by atoms with Crippen LogP contribution in [0.2, 0.25) is 0 Å². The zero-order valence-electron chi connectivity index (χ0n) is 9.28. The predicted molar refractivity (Wildman–Crippen MR) is 58.7 cm³/mol. The highest BCUT2D eigenvalue weighted by molar-refractivity contribution is 5.18. The first kappa shape index (κ1) is 10.8. The van der Waals surface area contributed by atoms with Gasteiger partial charge >= 0.3 is 0 Å². The number of aliphatic hydroxyl groups is 1. The summed E-state index contributed by atoms with van der Waals surface area (Å²) in [5, 5.41) is 14.2. The Morgan fingerprint density at radius 3 is 2.62 bits per heavy atom. The molecule has 0 aliphatic rings. The van der Waals surface area contributed by atoms with Crippen molar-refractivity contribution in [2.45, 2.75) is 26.0 Å². The van der Waals surface area contributed by atoms with Crippen LogP contribution in [-0.2, 0) is 0 Å². The van der Waals surface area contributed by atoms with Gasteiger partial charge in [-0.05, 0) is 13.8 Å². The Morgan fingerprint density at radius 2 is 2.06 bits per heavy atom. The van der Waals surface area contributed by atoms with E-state index in [0.717, 1.165) is 5.56 Å². The highest BCUT2D eigenvalue weighted by Crippen LogP contribution is 2.19. The quantitative estimate of drug-likeness (QED) is 0.844. The molecule has 0 aromatic carbocycles. The van der Waals surface area contributed by atoms with Gasteiger partial charge in [0, 0.05) is 30.2 Å². The van der Waals surface area contributed by atoms with Crippen LogP contribution in [0.25, 0.3) is 0 Å². The van der Waals surface area contributed by atoms with E-state index < -0.39 is 6.10 Å². The Morgan fingerprint density at radius 1 is 1.25 bits per heavy atom. The fourth-order valence-electron chi connectivity index (χ4n) is 1.40. The van der Waals surface area contributed by atoms with E-state index in [9.17, 15) is 5.11 Å². The summed E-state index contributed by atoms with van der Waals surface area (Å²) in [6.45, 7) is 4.07. The summed E-state index contributed by atoms with van der Waals surface area (Å²) in [5.74, 6) is 0. The topological polar surface area (TPSA) is 63.8 Å². The first-order valence-electron chi connectivity index (χ1n) is 5.16. The van der Waals surface area contributed by atoms with Crippen molar-refractivity contribution >= 4 is 0 Å². The molecule has 16 heavy (non-hydrogen) atoms. The van der Waals surface area contributed by atoms with E-state index in [0.29, 0.717) is 5.69 Å². The van der Waals surface area contributed by atoms with Gasteiger partial charge in [0.2, 0.25) is 0 Å². The van der Waals surface area contributed by atoms with Crippen molar-refractivity contribution < 1.29 is 5.11 Å². The minimum atomic E-state index is -0.763. The van der Waals surface area contributed by atoms with Gasteiger partial charge in [0.1, 0.15) is 6.10 Å². The lowest BCUT2D eigenvalue weighted by Crippen LogP contribution is -2.03. The van der Waals surface area contributed by atoms with Gasteiger partial charge in [-0.3, -0.25) is 14.6 Å². The molecule has 0 aliphatic heterocycles. The molecule has 1 atom stereocenters. The summed E-state index contributed by atoms with van der Waals surface area (Å²) in [5.41, 5.74) is 1.26. The van der Waals surface area contributed by atoms with E-state index in [1.807, 2.05) is 20.0 Å². The second-order valence-electron chi connectivity index (χ2n) is 3.88. The van der Waals surface area contributed by atoms with Gasteiger partial charge in [0.15, 0.2) is 0 Å².